The van der Waals surface area contributed by atoms with Gasteiger partial charge in [-0.3, -0.25) is 20.1 Å². The zero-order valence-corrected chi connectivity index (χ0v) is 30.9. The molecule has 4 aliphatic rings. The molecule has 8 rings (SSSR count). The number of pyridine rings is 1. The van der Waals surface area contributed by atoms with Gasteiger partial charge in [-0.05, 0) is 103 Å². The van der Waals surface area contributed by atoms with E-state index in [2.05, 4.69) is 40.4 Å². The lowest BCUT2D eigenvalue weighted by atomic mass is 9.63. The van der Waals surface area contributed by atoms with Gasteiger partial charge in [0.1, 0.15) is 28.7 Å². The topological polar surface area (TPSA) is 183 Å². The van der Waals surface area contributed by atoms with Gasteiger partial charge in [-0.1, -0.05) is 11.2 Å². The van der Waals surface area contributed by atoms with E-state index in [4.69, 9.17) is 30.4 Å². The molecule has 1 fully saturated rings. The maximum Gasteiger partial charge on any atom is 0.276 e. The quantitative estimate of drug-likeness (QED) is 0.185. The lowest BCUT2D eigenvalue weighted by molar-refractivity contribution is -0.123. The molecule has 1 spiro atoms. The number of fused-ring (bicyclic) bond motifs is 4. The molecule has 2 aliphatic carbocycles. The third-order valence-corrected chi connectivity index (χ3v) is 12.3. The van der Waals surface area contributed by atoms with Gasteiger partial charge in [0, 0.05) is 46.7 Å². The lowest BCUT2D eigenvalue weighted by Gasteiger charge is -2.39. The summed E-state index contributed by atoms with van der Waals surface area (Å²) in [6.07, 6.45) is 13.9. The van der Waals surface area contributed by atoms with Gasteiger partial charge in [-0.25, -0.2) is 4.98 Å². The minimum absolute atomic E-state index is 0.140. The minimum Gasteiger partial charge on any atom is -0.473 e. The van der Waals surface area contributed by atoms with Crippen molar-refractivity contribution in [1.29, 1.82) is 10.7 Å². The van der Waals surface area contributed by atoms with Crippen LogP contribution in [0.3, 0.4) is 0 Å². The van der Waals surface area contributed by atoms with E-state index >= 15 is 0 Å². The first-order valence-electron chi connectivity index (χ1n) is 18.2. The van der Waals surface area contributed by atoms with Gasteiger partial charge < -0.3 is 25.2 Å². The molecule has 1 saturated heterocycles. The molecule has 0 saturated carbocycles. The molecule has 1 amide bonds. The number of hydrogen-bond acceptors (Lipinski definition) is 13. The monoisotopic (exact) mass is 730 g/mol. The van der Waals surface area contributed by atoms with Crippen LogP contribution in [-0.4, -0.2) is 67.3 Å². The predicted octanol–water partition coefficient (Wildman–Crippen LogP) is 6.29. The summed E-state index contributed by atoms with van der Waals surface area (Å²) in [6.45, 7) is 4.96. The Morgan fingerprint density at radius 3 is 2.81 bits per heavy atom. The lowest BCUT2D eigenvalue weighted by Crippen LogP contribution is -2.38. The van der Waals surface area contributed by atoms with Gasteiger partial charge in [0.15, 0.2) is 17.3 Å². The Morgan fingerprint density at radius 1 is 1.23 bits per heavy atom. The van der Waals surface area contributed by atoms with Crippen LogP contribution in [0.4, 0.5) is 10.8 Å². The smallest absolute Gasteiger partial charge is 0.276 e. The normalized spacial score (nSPS) is 23.2. The molecular weight excluding hydrogens is 689 g/mol. The van der Waals surface area contributed by atoms with Crippen molar-refractivity contribution in [3.05, 3.63) is 87.5 Å². The number of anilines is 2. The first kappa shape index (κ1) is 34.7. The van der Waals surface area contributed by atoms with Crippen LogP contribution >= 0.6 is 11.3 Å². The van der Waals surface area contributed by atoms with E-state index in [0.29, 0.717) is 39.4 Å². The minimum atomic E-state index is -0.477. The molecule has 4 aromatic heterocycles. The summed E-state index contributed by atoms with van der Waals surface area (Å²) < 4.78 is 12.8. The average molecular weight is 731 g/mol. The Kier molecular flexibility index (Phi) is 9.08. The van der Waals surface area contributed by atoms with E-state index in [1.165, 1.54) is 16.2 Å². The molecule has 4 atom stereocenters. The number of aryl methyl sites for hydroxylation is 1. The molecule has 272 valence electrons. The second-order valence-electron chi connectivity index (χ2n) is 14.4. The number of likely N-dealkylation sites (N-methyl/N-ethyl adjacent to an activating group) is 1. The third kappa shape index (κ3) is 6.07. The first-order chi connectivity index (χ1) is 25.7. The van der Waals surface area contributed by atoms with Gasteiger partial charge in [0.25, 0.3) is 5.91 Å². The molecule has 4 aromatic rings. The SMILES string of the molecule is C[C@H](Oc1cc(N/C=C2/C=CN([C@@H](C)c3ccccn3)C(=O)C2=N)nc(-c2noc3c2CCC[C@@]32CCCc3sc(N)c(C#N)c32)n1)[C@@H]1CCCN1C. The highest BCUT2D eigenvalue weighted by atomic mass is 32.1. The zero-order valence-electron chi connectivity index (χ0n) is 30.1. The summed E-state index contributed by atoms with van der Waals surface area (Å²) in [5, 5.41) is 27.2. The number of ether oxygens (including phenoxy) is 1. The number of nitrogens with one attached hydrogen (secondary N) is 2. The summed E-state index contributed by atoms with van der Waals surface area (Å²) in [6, 6.07) is 9.59. The molecule has 13 nitrogen and oxygen atoms in total. The predicted molar refractivity (Wildman–Crippen MR) is 201 cm³/mol. The summed E-state index contributed by atoms with van der Waals surface area (Å²) in [4.78, 5) is 32.5. The maximum atomic E-state index is 13.3. The Hall–Kier alpha value is -5.39. The Bertz CT molecular complexity index is 2180. The third-order valence-electron chi connectivity index (χ3n) is 11.3. The van der Waals surface area contributed by atoms with Crippen LogP contribution in [0, 0.1) is 16.7 Å². The Morgan fingerprint density at radius 2 is 2.06 bits per heavy atom. The number of nitriles is 1. The van der Waals surface area contributed by atoms with Gasteiger partial charge in [-0.2, -0.15) is 10.2 Å². The standard InChI is InChI=1S/C39H42N10O3S/c1-22(27-10-4-5-16-43-27)49-18-13-24(33(41)38(49)50)21-44-30-19-31(51-23(2)28-11-8-17-48(28)3)46-37(45-30)34-25-9-6-14-39(35(25)52-47-34)15-7-12-29-32(39)26(20-40)36(42)53-29/h4-5,10,13,16,18-19,21-23,28,41H,6-9,11-12,14-15,17,42H2,1-3H3,(H,44,45,46)/b24-21-,41-33?/t22-,23-,28-,39-/m0/s1. The zero-order chi connectivity index (χ0) is 36.9. The number of nitrogen functional groups attached to an aromatic ring is 1. The van der Waals surface area contributed by atoms with Crippen molar-refractivity contribution in [2.45, 2.75) is 88.8 Å². The fraction of sp³-hybridized carbons (Fsp3) is 0.410. The van der Waals surface area contributed by atoms with Gasteiger partial charge >= 0.3 is 0 Å². The molecule has 14 heteroatoms. The summed E-state index contributed by atoms with van der Waals surface area (Å²) >= 11 is 1.51. The number of nitrogens with zero attached hydrogens (tertiary/aromatic N) is 7. The van der Waals surface area contributed by atoms with E-state index in [9.17, 15) is 10.1 Å². The Labute approximate surface area is 312 Å². The molecule has 0 unspecified atom stereocenters. The number of aromatic nitrogens is 4. The van der Waals surface area contributed by atoms with Crippen molar-refractivity contribution in [2.24, 2.45) is 0 Å². The highest BCUT2D eigenvalue weighted by Gasteiger charge is 2.49. The number of hydrogen-bond donors (Lipinski definition) is 3. The molecule has 2 aliphatic heterocycles. The van der Waals surface area contributed by atoms with Crippen LogP contribution in [0.5, 0.6) is 5.88 Å². The Balaban J connectivity index is 1.14. The number of nitrogens with two attached hydrogens (primary N) is 1. The van der Waals surface area contributed by atoms with E-state index in [1.807, 2.05) is 25.1 Å². The summed E-state index contributed by atoms with van der Waals surface area (Å²) in [5.74, 6) is 1.48. The number of likely N-dealkylation sites (tertiary alicyclic amines) is 1. The molecular formula is C39H42N10O3S. The summed E-state index contributed by atoms with van der Waals surface area (Å²) in [5.41, 5.74) is 9.92. The highest BCUT2D eigenvalue weighted by Crippen LogP contribution is 2.55. The average Bonchev–Trinajstić information content (AvgIpc) is 3.89. The van der Waals surface area contributed by atoms with E-state index in [1.54, 1.807) is 30.7 Å². The van der Waals surface area contributed by atoms with Crippen molar-refractivity contribution in [1.82, 2.24) is 29.9 Å². The molecule has 53 heavy (non-hydrogen) atoms. The summed E-state index contributed by atoms with van der Waals surface area (Å²) in [7, 11) is 2.11. The number of carbonyl (C=O) groups excluding carboxylic acids is 1. The molecule has 0 radical (unpaired) electrons. The number of thiophene rings is 1. The van der Waals surface area contributed by atoms with E-state index in [-0.39, 0.29) is 23.9 Å². The fourth-order valence-corrected chi connectivity index (χ4v) is 9.75. The van der Waals surface area contributed by atoms with Crippen molar-refractivity contribution in [3.63, 3.8) is 0 Å². The number of rotatable bonds is 8. The maximum absolute atomic E-state index is 13.3. The number of allylic oxidation sites excluding steroid dienone is 1. The largest absolute Gasteiger partial charge is 0.473 e. The van der Waals surface area contributed by atoms with Crippen molar-refractivity contribution in [2.75, 3.05) is 24.6 Å². The first-order valence-corrected chi connectivity index (χ1v) is 19.0. The van der Waals surface area contributed by atoms with Crippen LogP contribution < -0.4 is 15.8 Å². The van der Waals surface area contributed by atoms with Gasteiger partial charge in [0.2, 0.25) is 5.88 Å². The van der Waals surface area contributed by atoms with Crippen LogP contribution in [0.2, 0.25) is 0 Å². The van der Waals surface area contributed by atoms with Gasteiger partial charge in [-0.15, -0.1) is 11.3 Å². The van der Waals surface area contributed by atoms with Crippen LogP contribution in [-0.2, 0) is 23.1 Å². The molecule has 4 N–H and O–H groups in total. The molecule has 0 bridgehead atoms. The fourth-order valence-electron chi connectivity index (χ4n) is 8.59. The van der Waals surface area contributed by atoms with E-state index < -0.39 is 11.3 Å². The van der Waals surface area contributed by atoms with Crippen molar-refractivity contribution >= 4 is 33.8 Å². The number of amides is 1. The molecule has 6 heterocycles. The van der Waals surface area contributed by atoms with Gasteiger partial charge in [0.05, 0.1) is 22.7 Å². The molecule has 0 aromatic carbocycles. The second kappa shape index (κ2) is 13.9. The van der Waals surface area contributed by atoms with Crippen molar-refractivity contribution in [3.8, 4) is 23.5 Å². The van der Waals surface area contributed by atoms with E-state index in [0.717, 1.165) is 85.4 Å². The van der Waals surface area contributed by atoms with Crippen LogP contribution in [0.15, 0.2) is 59.0 Å². The van der Waals surface area contributed by atoms with Crippen LogP contribution in [0.1, 0.15) is 91.4 Å². The van der Waals surface area contributed by atoms with Crippen LogP contribution in [0.25, 0.3) is 11.5 Å². The van der Waals surface area contributed by atoms with Crippen molar-refractivity contribution < 1.29 is 14.1 Å². The second-order valence-corrected chi connectivity index (χ2v) is 15.5. The number of carbonyl (C=O) groups is 1. The highest BCUT2D eigenvalue weighted by molar-refractivity contribution is 7.16.